The fourth-order valence-corrected chi connectivity index (χ4v) is 3.60. The number of nitrogens with zero attached hydrogens (tertiary/aromatic N) is 4. The SMILES string of the molecule is COCCCn1c(SC(C)C(=O)N(C)C)nnc1-c1ccccc1Cl. The summed E-state index contributed by atoms with van der Waals surface area (Å²) in [5, 5.41) is 9.70. The topological polar surface area (TPSA) is 60.2 Å². The Bertz CT molecular complexity index is 720. The Labute approximate surface area is 157 Å². The Morgan fingerprint density at radius 1 is 1.36 bits per heavy atom. The maximum Gasteiger partial charge on any atom is 0.235 e. The standard InChI is InChI=1S/C17H23ClN4O2S/c1-12(16(23)21(2)3)25-17-20-19-15(22(17)10-7-11-24-4)13-8-5-6-9-14(13)18/h5-6,8-9,12H,7,10-11H2,1-4H3. The van der Waals surface area contributed by atoms with Gasteiger partial charge in [0.2, 0.25) is 5.91 Å². The van der Waals surface area contributed by atoms with Gasteiger partial charge in [0.25, 0.3) is 0 Å². The minimum absolute atomic E-state index is 0.0377. The molecular weight excluding hydrogens is 360 g/mol. The summed E-state index contributed by atoms with van der Waals surface area (Å²) in [6.45, 7) is 3.19. The first kappa shape index (κ1) is 19.8. The molecule has 0 aliphatic rings. The summed E-state index contributed by atoms with van der Waals surface area (Å²) in [6.07, 6.45) is 0.815. The molecule has 136 valence electrons. The number of amides is 1. The molecule has 8 heteroatoms. The highest BCUT2D eigenvalue weighted by atomic mass is 35.5. The van der Waals surface area contributed by atoms with Crippen LogP contribution in [0.15, 0.2) is 29.4 Å². The van der Waals surface area contributed by atoms with Crippen molar-refractivity contribution in [2.75, 3.05) is 27.8 Å². The lowest BCUT2D eigenvalue weighted by Crippen LogP contribution is -2.29. The number of thioether (sulfide) groups is 1. The summed E-state index contributed by atoms with van der Waals surface area (Å²) in [5.74, 6) is 0.740. The van der Waals surface area contributed by atoms with Crippen LogP contribution in [-0.4, -0.2) is 58.6 Å². The summed E-state index contributed by atoms with van der Waals surface area (Å²) in [7, 11) is 5.17. The Morgan fingerprint density at radius 2 is 2.08 bits per heavy atom. The zero-order valence-corrected chi connectivity index (χ0v) is 16.5. The van der Waals surface area contributed by atoms with Gasteiger partial charge in [-0.25, -0.2) is 0 Å². The molecule has 2 rings (SSSR count). The van der Waals surface area contributed by atoms with Crippen LogP contribution in [0.4, 0.5) is 0 Å². The number of benzene rings is 1. The first-order chi connectivity index (χ1) is 12.0. The highest BCUT2D eigenvalue weighted by Gasteiger charge is 2.22. The molecule has 0 saturated heterocycles. The Balaban J connectivity index is 2.33. The van der Waals surface area contributed by atoms with E-state index >= 15 is 0 Å². The summed E-state index contributed by atoms with van der Waals surface area (Å²) < 4.78 is 7.16. The number of aromatic nitrogens is 3. The largest absolute Gasteiger partial charge is 0.385 e. The van der Waals surface area contributed by atoms with Crippen LogP contribution in [0.5, 0.6) is 0 Å². The Morgan fingerprint density at radius 3 is 2.72 bits per heavy atom. The lowest BCUT2D eigenvalue weighted by atomic mass is 10.2. The van der Waals surface area contributed by atoms with E-state index in [0.717, 1.165) is 12.0 Å². The van der Waals surface area contributed by atoms with Crippen molar-refractivity contribution in [2.45, 2.75) is 30.3 Å². The average Bonchev–Trinajstić information content (AvgIpc) is 2.97. The molecule has 0 spiro atoms. The minimum Gasteiger partial charge on any atom is -0.385 e. The maximum atomic E-state index is 12.2. The smallest absolute Gasteiger partial charge is 0.235 e. The maximum absolute atomic E-state index is 12.2. The first-order valence-electron chi connectivity index (χ1n) is 8.00. The van der Waals surface area contributed by atoms with E-state index in [1.807, 2.05) is 35.8 Å². The van der Waals surface area contributed by atoms with Crippen molar-refractivity contribution in [1.82, 2.24) is 19.7 Å². The van der Waals surface area contributed by atoms with Crippen LogP contribution in [-0.2, 0) is 16.1 Å². The molecule has 1 amide bonds. The molecule has 2 aromatic rings. The first-order valence-corrected chi connectivity index (χ1v) is 9.26. The molecule has 0 bridgehead atoms. The van der Waals surface area contributed by atoms with Crippen molar-refractivity contribution in [3.05, 3.63) is 29.3 Å². The molecular formula is C17H23ClN4O2S. The molecule has 0 aliphatic carbocycles. The highest BCUT2D eigenvalue weighted by molar-refractivity contribution is 8.00. The Hall–Kier alpha value is -1.57. The monoisotopic (exact) mass is 382 g/mol. The number of hydrogen-bond acceptors (Lipinski definition) is 5. The molecule has 1 aromatic carbocycles. The van der Waals surface area contributed by atoms with Crippen molar-refractivity contribution in [1.29, 1.82) is 0 Å². The molecule has 0 saturated carbocycles. The summed E-state index contributed by atoms with van der Waals surface area (Å²) in [6, 6.07) is 7.55. The number of ether oxygens (including phenoxy) is 1. The summed E-state index contributed by atoms with van der Waals surface area (Å²) >= 11 is 7.73. The van der Waals surface area contributed by atoms with Gasteiger partial charge >= 0.3 is 0 Å². The van der Waals surface area contributed by atoms with Crippen LogP contribution < -0.4 is 0 Å². The van der Waals surface area contributed by atoms with E-state index in [9.17, 15) is 4.79 Å². The van der Waals surface area contributed by atoms with Crippen molar-refractivity contribution in [2.24, 2.45) is 0 Å². The number of methoxy groups -OCH3 is 1. The van der Waals surface area contributed by atoms with E-state index in [1.165, 1.54) is 11.8 Å². The van der Waals surface area contributed by atoms with Gasteiger partial charge in [0.1, 0.15) is 0 Å². The number of rotatable bonds is 8. The second-order valence-electron chi connectivity index (χ2n) is 5.78. The quantitative estimate of drug-likeness (QED) is 0.518. The molecule has 25 heavy (non-hydrogen) atoms. The molecule has 0 N–H and O–H groups in total. The van der Waals surface area contributed by atoms with Crippen LogP contribution in [0.2, 0.25) is 5.02 Å². The van der Waals surface area contributed by atoms with E-state index in [-0.39, 0.29) is 11.2 Å². The molecule has 0 radical (unpaired) electrons. The molecule has 1 heterocycles. The van der Waals surface area contributed by atoms with Crippen LogP contribution >= 0.6 is 23.4 Å². The number of hydrogen-bond donors (Lipinski definition) is 0. The van der Waals surface area contributed by atoms with Crippen molar-refractivity contribution in [3.8, 4) is 11.4 Å². The van der Waals surface area contributed by atoms with Gasteiger partial charge in [0.15, 0.2) is 11.0 Å². The number of carbonyl (C=O) groups excluding carboxylic acids is 1. The van der Waals surface area contributed by atoms with Gasteiger partial charge in [0.05, 0.1) is 10.3 Å². The van der Waals surface area contributed by atoms with Gasteiger partial charge in [0, 0.05) is 39.9 Å². The normalized spacial score (nSPS) is 12.2. The predicted molar refractivity (Wildman–Crippen MR) is 101 cm³/mol. The molecule has 6 nitrogen and oxygen atoms in total. The second-order valence-corrected chi connectivity index (χ2v) is 7.49. The zero-order chi connectivity index (χ0) is 18.4. The van der Waals surface area contributed by atoms with E-state index in [4.69, 9.17) is 16.3 Å². The van der Waals surface area contributed by atoms with Gasteiger partial charge in [-0.2, -0.15) is 0 Å². The molecule has 1 aromatic heterocycles. The third-order valence-corrected chi connectivity index (χ3v) is 5.03. The predicted octanol–water partition coefficient (Wildman–Crippen LogP) is 3.20. The highest BCUT2D eigenvalue weighted by Crippen LogP contribution is 2.31. The van der Waals surface area contributed by atoms with E-state index in [2.05, 4.69) is 10.2 Å². The van der Waals surface area contributed by atoms with Crippen molar-refractivity contribution >= 4 is 29.3 Å². The second kappa shape index (κ2) is 9.22. The molecule has 0 fully saturated rings. The lowest BCUT2D eigenvalue weighted by Gasteiger charge is -2.17. The van der Waals surface area contributed by atoms with Gasteiger partial charge in [-0.15, -0.1) is 10.2 Å². The summed E-state index contributed by atoms with van der Waals surface area (Å²) in [4.78, 5) is 13.7. The fourth-order valence-electron chi connectivity index (χ4n) is 2.36. The number of halogens is 1. The van der Waals surface area contributed by atoms with Gasteiger partial charge in [-0.1, -0.05) is 35.5 Å². The number of carbonyl (C=O) groups is 1. The lowest BCUT2D eigenvalue weighted by molar-refractivity contribution is -0.127. The third-order valence-electron chi connectivity index (χ3n) is 3.63. The third kappa shape index (κ3) is 4.96. The molecule has 0 aliphatic heterocycles. The van der Waals surface area contributed by atoms with Crippen molar-refractivity contribution < 1.29 is 9.53 Å². The minimum atomic E-state index is -0.250. The van der Waals surface area contributed by atoms with E-state index in [0.29, 0.717) is 29.2 Å². The van der Waals surface area contributed by atoms with E-state index in [1.54, 1.807) is 26.1 Å². The van der Waals surface area contributed by atoms with Gasteiger partial charge in [-0.05, 0) is 25.5 Å². The molecule has 1 atom stereocenters. The fraction of sp³-hybridized carbons (Fsp3) is 0.471. The molecule has 1 unspecified atom stereocenters. The summed E-state index contributed by atoms with van der Waals surface area (Å²) in [5.41, 5.74) is 0.826. The van der Waals surface area contributed by atoms with Gasteiger partial charge in [-0.3, -0.25) is 4.79 Å². The van der Waals surface area contributed by atoms with Crippen LogP contribution in [0, 0.1) is 0 Å². The van der Waals surface area contributed by atoms with Crippen molar-refractivity contribution in [3.63, 3.8) is 0 Å². The van der Waals surface area contributed by atoms with Crippen LogP contribution in [0.3, 0.4) is 0 Å². The van der Waals surface area contributed by atoms with Crippen LogP contribution in [0.1, 0.15) is 13.3 Å². The average molecular weight is 383 g/mol. The Kier molecular flexibility index (Phi) is 7.28. The zero-order valence-electron chi connectivity index (χ0n) is 14.9. The van der Waals surface area contributed by atoms with E-state index < -0.39 is 0 Å². The van der Waals surface area contributed by atoms with Crippen LogP contribution in [0.25, 0.3) is 11.4 Å². The van der Waals surface area contributed by atoms with Gasteiger partial charge < -0.3 is 14.2 Å².